The maximum absolute atomic E-state index is 6.25. The summed E-state index contributed by atoms with van der Waals surface area (Å²) in [5.74, 6) is 0. The third-order valence-corrected chi connectivity index (χ3v) is 4.26. The summed E-state index contributed by atoms with van der Waals surface area (Å²) in [4.78, 5) is 6.92. The Kier molecular flexibility index (Phi) is 5.01. The lowest BCUT2D eigenvalue weighted by atomic mass is 10.1. The maximum atomic E-state index is 6.25. The molecule has 0 atom stereocenters. The summed E-state index contributed by atoms with van der Waals surface area (Å²) in [7, 11) is 2.07. The SMILES string of the molecule is CC(C)n1cc2c(N)cc(-c3cccc(CN(C)CCN)c3)nc2n1. The molecule has 0 aliphatic rings. The zero-order chi connectivity index (χ0) is 18.0. The van der Waals surface area contributed by atoms with Gasteiger partial charge in [0.1, 0.15) is 0 Å². The van der Waals surface area contributed by atoms with Crippen LogP contribution < -0.4 is 11.5 Å². The Bertz CT molecular complexity index is 867. The van der Waals surface area contributed by atoms with Crippen LogP contribution in [0.1, 0.15) is 25.5 Å². The van der Waals surface area contributed by atoms with E-state index in [0.29, 0.717) is 17.9 Å². The fraction of sp³-hybridized carbons (Fsp3) is 0.368. The molecule has 0 spiro atoms. The van der Waals surface area contributed by atoms with Gasteiger partial charge >= 0.3 is 0 Å². The van der Waals surface area contributed by atoms with Crippen molar-refractivity contribution in [1.29, 1.82) is 0 Å². The van der Waals surface area contributed by atoms with Crippen LogP contribution in [0.25, 0.3) is 22.3 Å². The minimum absolute atomic E-state index is 0.276. The molecule has 0 saturated heterocycles. The second-order valence-electron chi connectivity index (χ2n) is 6.76. The van der Waals surface area contributed by atoms with Crippen LogP contribution in [0, 0.1) is 0 Å². The van der Waals surface area contributed by atoms with Crippen LogP contribution in [-0.2, 0) is 6.54 Å². The van der Waals surface area contributed by atoms with E-state index in [2.05, 4.69) is 55.2 Å². The minimum Gasteiger partial charge on any atom is -0.398 e. The van der Waals surface area contributed by atoms with Crippen LogP contribution in [0.3, 0.4) is 0 Å². The Morgan fingerprint density at radius 1 is 1.24 bits per heavy atom. The molecular weight excluding hydrogens is 312 g/mol. The van der Waals surface area contributed by atoms with Gasteiger partial charge in [0.25, 0.3) is 0 Å². The average Bonchev–Trinajstić information content (AvgIpc) is 3.00. The third kappa shape index (κ3) is 3.81. The summed E-state index contributed by atoms with van der Waals surface area (Å²) in [6.45, 7) is 6.55. The summed E-state index contributed by atoms with van der Waals surface area (Å²) in [5.41, 5.74) is 16.4. The molecule has 0 radical (unpaired) electrons. The van der Waals surface area contributed by atoms with Gasteiger partial charge in [-0.3, -0.25) is 4.68 Å². The largest absolute Gasteiger partial charge is 0.398 e. The minimum atomic E-state index is 0.276. The van der Waals surface area contributed by atoms with Crippen LogP contribution in [0.15, 0.2) is 36.5 Å². The van der Waals surface area contributed by atoms with Gasteiger partial charge in [0.15, 0.2) is 5.65 Å². The lowest BCUT2D eigenvalue weighted by Crippen LogP contribution is -2.24. The van der Waals surface area contributed by atoms with Gasteiger partial charge in [-0.25, -0.2) is 4.98 Å². The number of pyridine rings is 1. The van der Waals surface area contributed by atoms with Crippen LogP contribution >= 0.6 is 0 Å². The van der Waals surface area contributed by atoms with E-state index in [9.17, 15) is 0 Å². The molecule has 4 N–H and O–H groups in total. The van der Waals surface area contributed by atoms with E-state index in [0.717, 1.165) is 29.7 Å². The van der Waals surface area contributed by atoms with E-state index in [1.807, 2.05) is 16.9 Å². The number of rotatable bonds is 6. The number of fused-ring (bicyclic) bond motifs is 1. The van der Waals surface area contributed by atoms with Gasteiger partial charge in [-0.1, -0.05) is 18.2 Å². The van der Waals surface area contributed by atoms with E-state index < -0.39 is 0 Å². The topological polar surface area (TPSA) is 86.0 Å². The second kappa shape index (κ2) is 7.21. The van der Waals surface area contributed by atoms with Crippen LogP contribution in [0.2, 0.25) is 0 Å². The molecule has 3 rings (SSSR count). The number of benzene rings is 1. The summed E-state index contributed by atoms with van der Waals surface area (Å²) in [6, 6.07) is 10.6. The van der Waals surface area contributed by atoms with Gasteiger partial charge < -0.3 is 16.4 Å². The summed E-state index contributed by atoms with van der Waals surface area (Å²) in [6.07, 6.45) is 1.96. The number of nitrogen functional groups attached to an aromatic ring is 1. The number of aromatic nitrogens is 3. The first kappa shape index (κ1) is 17.4. The molecule has 0 fully saturated rings. The van der Waals surface area contributed by atoms with E-state index in [-0.39, 0.29) is 6.04 Å². The number of hydrogen-bond acceptors (Lipinski definition) is 5. The summed E-state index contributed by atoms with van der Waals surface area (Å²) in [5, 5.41) is 5.46. The normalized spacial score (nSPS) is 11.8. The number of likely N-dealkylation sites (N-methyl/N-ethyl adjacent to an activating group) is 1. The highest BCUT2D eigenvalue weighted by Crippen LogP contribution is 2.27. The lowest BCUT2D eigenvalue weighted by molar-refractivity contribution is 0.336. The van der Waals surface area contributed by atoms with Gasteiger partial charge in [0.05, 0.1) is 11.1 Å². The van der Waals surface area contributed by atoms with Crippen LogP contribution in [-0.4, -0.2) is 39.8 Å². The molecule has 3 aromatic rings. The molecule has 0 saturated carbocycles. The molecule has 6 heteroatoms. The van der Waals surface area contributed by atoms with Crippen LogP contribution in [0.5, 0.6) is 0 Å². The first-order chi connectivity index (χ1) is 12.0. The van der Waals surface area contributed by atoms with E-state index in [1.165, 1.54) is 5.56 Å². The molecule has 0 bridgehead atoms. The maximum Gasteiger partial charge on any atom is 0.183 e. The molecule has 132 valence electrons. The molecule has 1 aromatic carbocycles. The zero-order valence-electron chi connectivity index (χ0n) is 15.1. The zero-order valence-corrected chi connectivity index (χ0v) is 15.1. The fourth-order valence-electron chi connectivity index (χ4n) is 2.89. The Balaban J connectivity index is 1.96. The first-order valence-corrected chi connectivity index (χ1v) is 8.61. The Morgan fingerprint density at radius 2 is 2.04 bits per heavy atom. The predicted octanol–water partition coefficient (Wildman–Crippen LogP) is 2.65. The first-order valence-electron chi connectivity index (χ1n) is 8.61. The highest BCUT2D eigenvalue weighted by molar-refractivity contribution is 5.90. The number of nitrogens with two attached hydrogens (primary N) is 2. The van der Waals surface area contributed by atoms with Crippen molar-refractivity contribution in [3.05, 3.63) is 42.1 Å². The van der Waals surface area contributed by atoms with Crippen molar-refractivity contribution in [2.75, 3.05) is 25.9 Å². The molecule has 0 unspecified atom stereocenters. The Labute approximate surface area is 148 Å². The van der Waals surface area contributed by atoms with Crippen molar-refractivity contribution < 1.29 is 0 Å². The van der Waals surface area contributed by atoms with Gasteiger partial charge in [0, 0.05) is 43.1 Å². The van der Waals surface area contributed by atoms with Crippen molar-refractivity contribution >= 4 is 16.7 Å². The van der Waals surface area contributed by atoms with Crippen molar-refractivity contribution in [3.8, 4) is 11.3 Å². The molecule has 2 heterocycles. The van der Waals surface area contributed by atoms with Crippen LogP contribution in [0.4, 0.5) is 5.69 Å². The standard InChI is InChI=1S/C19H26N6/c1-13(2)25-12-16-17(21)10-18(22-19(16)23-25)15-6-4-5-14(9-15)11-24(3)8-7-20/h4-6,9-10,12-13H,7-8,11,20-21H2,1-3H3. The third-order valence-electron chi connectivity index (χ3n) is 4.26. The average molecular weight is 338 g/mol. The number of nitrogens with zero attached hydrogens (tertiary/aromatic N) is 4. The van der Waals surface area contributed by atoms with Crippen molar-refractivity contribution in [3.63, 3.8) is 0 Å². The highest BCUT2D eigenvalue weighted by Gasteiger charge is 2.11. The summed E-state index contributed by atoms with van der Waals surface area (Å²) >= 11 is 0. The Hall–Kier alpha value is -2.44. The lowest BCUT2D eigenvalue weighted by Gasteiger charge is -2.15. The second-order valence-corrected chi connectivity index (χ2v) is 6.76. The van der Waals surface area contributed by atoms with Crippen molar-refractivity contribution in [2.45, 2.75) is 26.4 Å². The number of anilines is 1. The smallest absolute Gasteiger partial charge is 0.183 e. The van der Waals surface area contributed by atoms with Crippen molar-refractivity contribution in [2.24, 2.45) is 5.73 Å². The van der Waals surface area contributed by atoms with Gasteiger partial charge in [-0.05, 0) is 38.6 Å². The van der Waals surface area contributed by atoms with E-state index in [1.54, 1.807) is 0 Å². The molecular formula is C19H26N6. The molecule has 0 amide bonds. The van der Waals surface area contributed by atoms with Gasteiger partial charge in [-0.2, -0.15) is 5.10 Å². The van der Waals surface area contributed by atoms with E-state index in [4.69, 9.17) is 16.5 Å². The van der Waals surface area contributed by atoms with Gasteiger partial charge in [-0.15, -0.1) is 0 Å². The molecule has 6 nitrogen and oxygen atoms in total. The molecule has 0 aliphatic heterocycles. The predicted molar refractivity (Wildman–Crippen MR) is 103 cm³/mol. The van der Waals surface area contributed by atoms with Gasteiger partial charge in [0.2, 0.25) is 0 Å². The molecule has 25 heavy (non-hydrogen) atoms. The monoisotopic (exact) mass is 338 g/mol. The Morgan fingerprint density at radius 3 is 2.76 bits per heavy atom. The number of hydrogen-bond donors (Lipinski definition) is 2. The quantitative estimate of drug-likeness (QED) is 0.721. The molecule has 0 aliphatic carbocycles. The fourth-order valence-corrected chi connectivity index (χ4v) is 2.89. The van der Waals surface area contributed by atoms with E-state index >= 15 is 0 Å². The highest BCUT2D eigenvalue weighted by atomic mass is 15.3. The molecule has 2 aromatic heterocycles. The van der Waals surface area contributed by atoms with Crippen molar-refractivity contribution in [1.82, 2.24) is 19.7 Å². The summed E-state index contributed by atoms with van der Waals surface area (Å²) < 4.78 is 1.90.